The molecule has 0 saturated heterocycles. The molecule has 0 spiro atoms. The molecule has 0 aliphatic heterocycles. The second-order valence-electron chi connectivity index (χ2n) is 11.2. The van der Waals surface area contributed by atoms with Crippen molar-refractivity contribution in [3.05, 3.63) is 120 Å². The van der Waals surface area contributed by atoms with Crippen LogP contribution in [0.2, 0.25) is 0 Å². The highest BCUT2D eigenvalue weighted by Crippen LogP contribution is 2.28. The zero-order chi connectivity index (χ0) is 32.3. The summed E-state index contributed by atoms with van der Waals surface area (Å²) in [5.74, 6) is 0.543. The minimum atomic E-state index is -0.143. The maximum absolute atomic E-state index is 13.0. The number of methoxy groups -OCH3 is 1. The van der Waals surface area contributed by atoms with Crippen LogP contribution in [0.15, 0.2) is 103 Å². The molecular formula is C37H40N6O3. The van der Waals surface area contributed by atoms with Crippen LogP contribution < -0.4 is 20.3 Å². The van der Waals surface area contributed by atoms with Crippen molar-refractivity contribution in [1.82, 2.24) is 14.9 Å². The van der Waals surface area contributed by atoms with Gasteiger partial charge in [-0.2, -0.15) is 0 Å². The number of nitrogens with zero attached hydrogens (tertiary/aromatic N) is 4. The van der Waals surface area contributed by atoms with E-state index in [1.54, 1.807) is 14.0 Å². The number of fused-ring (bicyclic) bond motifs is 1. The van der Waals surface area contributed by atoms with Crippen molar-refractivity contribution in [2.24, 2.45) is 0 Å². The van der Waals surface area contributed by atoms with Crippen molar-refractivity contribution in [3.63, 3.8) is 0 Å². The van der Waals surface area contributed by atoms with Crippen LogP contribution in [0.5, 0.6) is 5.75 Å². The van der Waals surface area contributed by atoms with Crippen LogP contribution in [0.3, 0.4) is 0 Å². The average Bonchev–Trinajstić information content (AvgIpc) is 3.07. The molecule has 9 heteroatoms. The van der Waals surface area contributed by atoms with Gasteiger partial charge in [0.15, 0.2) is 5.78 Å². The summed E-state index contributed by atoms with van der Waals surface area (Å²) in [6.45, 7) is 4.82. The smallest absolute Gasteiger partial charge is 0.243 e. The third-order valence-electron chi connectivity index (χ3n) is 7.80. The topological polar surface area (TPSA) is 99.7 Å². The van der Waals surface area contributed by atoms with E-state index in [0.717, 1.165) is 59.6 Å². The lowest BCUT2D eigenvalue weighted by atomic mass is 10.0. The molecule has 1 amide bonds. The lowest BCUT2D eigenvalue weighted by molar-refractivity contribution is -0.114. The Kier molecular flexibility index (Phi) is 10.9. The molecule has 5 aromatic rings. The second-order valence-corrected chi connectivity index (χ2v) is 11.2. The Morgan fingerprint density at radius 2 is 1.57 bits per heavy atom. The molecule has 46 heavy (non-hydrogen) atoms. The zero-order valence-electron chi connectivity index (χ0n) is 26.6. The molecule has 9 nitrogen and oxygen atoms in total. The van der Waals surface area contributed by atoms with Crippen LogP contribution in [0.25, 0.3) is 10.8 Å². The highest BCUT2D eigenvalue weighted by atomic mass is 16.5. The van der Waals surface area contributed by atoms with Crippen LogP contribution in [0.4, 0.5) is 17.1 Å². The number of hydrogen-bond acceptors (Lipinski definition) is 8. The SMILES string of the molecule is COc1cc(NC(=O)CN(C)c2ccc3cc(C(C)=O)ccc3c2)ccc1NCCN(CCc1ccccn1)Cc1ccccn1. The standard InChI is InChI=1S/C37H40N6O3/c1-27(44)28-10-11-30-23-34(14-12-29(30)22-28)42(2)26-37(45)41-32-13-15-35(36(24-32)46-3)40-19-21-43(25-33-9-5-7-18-39-33)20-16-31-8-4-6-17-38-31/h4-15,17-18,22-24,40H,16,19-21,25-26H2,1-3H3,(H,41,45). The summed E-state index contributed by atoms with van der Waals surface area (Å²) in [5, 5.41) is 8.48. The number of Topliss-reactive ketones (excluding diaryl/α,β-unsaturated/α-hetero) is 1. The number of amides is 1. The highest BCUT2D eigenvalue weighted by molar-refractivity contribution is 5.99. The van der Waals surface area contributed by atoms with E-state index in [1.165, 1.54) is 0 Å². The summed E-state index contributed by atoms with van der Waals surface area (Å²) < 4.78 is 5.66. The Morgan fingerprint density at radius 3 is 2.28 bits per heavy atom. The predicted molar refractivity (Wildman–Crippen MR) is 185 cm³/mol. The normalized spacial score (nSPS) is 11.0. The molecule has 0 unspecified atom stereocenters. The Morgan fingerprint density at radius 1 is 0.826 bits per heavy atom. The number of carbonyl (C=O) groups excluding carboxylic acids is 2. The van der Waals surface area contributed by atoms with Gasteiger partial charge in [0.2, 0.25) is 5.91 Å². The van der Waals surface area contributed by atoms with Crippen molar-refractivity contribution in [2.45, 2.75) is 19.9 Å². The Balaban J connectivity index is 1.16. The van der Waals surface area contributed by atoms with Crippen LogP contribution >= 0.6 is 0 Å². The molecule has 0 bridgehead atoms. The third kappa shape index (κ3) is 8.89. The van der Waals surface area contributed by atoms with E-state index in [-0.39, 0.29) is 18.2 Å². The number of nitrogens with one attached hydrogen (secondary N) is 2. The first-order valence-corrected chi connectivity index (χ1v) is 15.4. The fourth-order valence-corrected chi connectivity index (χ4v) is 5.27. The molecule has 0 radical (unpaired) electrons. The van der Waals surface area contributed by atoms with E-state index >= 15 is 0 Å². The van der Waals surface area contributed by atoms with Crippen molar-refractivity contribution in [1.29, 1.82) is 0 Å². The van der Waals surface area contributed by atoms with Gasteiger partial charge in [-0.15, -0.1) is 0 Å². The number of anilines is 3. The number of rotatable bonds is 15. The van der Waals surface area contributed by atoms with Gasteiger partial charge in [0, 0.05) is 80.7 Å². The molecule has 5 rings (SSSR count). The van der Waals surface area contributed by atoms with Gasteiger partial charge in [-0.05, 0) is 72.3 Å². The number of ether oxygens (including phenoxy) is 1. The monoisotopic (exact) mass is 616 g/mol. The van der Waals surface area contributed by atoms with Gasteiger partial charge < -0.3 is 20.3 Å². The maximum Gasteiger partial charge on any atom is 0.243 e. The Bertz CT molecular complexity index is 1760. The first kappa shape index (κ1) is 32.1. The van der Waals surface area contributed by atoms with Gasteiger partial charge in [-0.3, -0.25) is 24.5 Å². The zero-order valence-corrected chi connectivity index (χ0v) is 26.6. The molecule has 0 fully saturated rings. The maximum atomic E-state index is 13.0. The first-order chi connectivity index (χ1) is 22.4. The van der Waals surface area contributed by atoms with E-state index < -0.39 is 0 Å². The van der Waals surface area contributed by atoms with Gasteiger partial charge in [0.25, 0.3) is 0 Å². The number of likely N-dealkylation sites (N-methyl/N-ethyl adjacent to an activating group) is 1. The summed E-state index contributed by atoms with van der Waals surface area (Å²) in [6, 6.07) is 29.2. The number of benzene rings is 3. The highest BCUT2D eigenvalue weighted by Gasteiger charge is 2.13. The van der Waals surface area contributed by atoms with Crippen LogP contribution in [-0.4, -0.2) is 66.9 Å². The minimum Gasteiger partial charge on any atom is -0.495 e. The van der Waals surface area contributed by atoms with Gasteiger partial charge in [0.1, 0.15) is 5.75 Å². The van der Waals surface area contributed by atoms with E-state index in [4.69, 9.17) is 4.74 Å². The summed E-state index contributed by atoms with van der Waals surface area (Å²) in [4.78, 5) is 37.9. The van der Waals surface area contributed by atoms with E-state index in [0.29, 0.717) is 23.5 Å². The van der Waals surface area contributed by atoms with Crippen LogP contribution in [0.1, 0.15) is 28.7 Å². The van der Waals surface area contributed by atoms with Crippen molar-refractivity contribution in [3.8, 4) is 5.75 Å². The van der Waals surface area contributed by atoms with E-state index in [2.05, 4.69) is 31.6 Å². The van der Waals surface area contributed by atoms with E-state index in [1.807, 2.05) is 109 Å². The first-order valence-electron chi connectivity index (χ1n) is 15.4. The van der Waals surface area contributed by atoms with Crippen molar-refractivity contribution in [2.75, 3.05) is 55.9 Å². The summed E-state index contributed by atoms with van der Waals surface area (Å²) in [7, 11) is 3.50. The number of carbonyl (C=O) groups is 2. The van der Waals surface area contributed by atoms with Crippen LogP contribution in [-0.2, 0) is 17.8 Å². The fraction of sp³-hybridized carbons (Fsp3) is 0.243. The Labute approximate surface area is 270 Å². The summed E-state index contributed by atoms with van der Waals surface area (Å²) >= 11 is 0. The second kappa shape index (κ2) is 15.6. The van der Waals surface area contributed by atoms with Crippen LogP contribution in [0, 0.1) is 0 Å². The largest absolute Gasteiger partial charge is 0.495 e. The quantitative estimate of drug-likeness (QED) is 0.137. The number of ketones is 1. The molecular weight excluding hydrogens is 576 g/mol. The van der Waals surface area contributed by atoms with Gasteiger partial charge >= 0.3 is 0 Å². The number of aromatic nitrogens is 2. The molecule has 0 aliphatic rings. The van der Waals surface area contributed by atoms with E-state index in [9.17, 15) is 9.59 Å². The fourth-order valence-electron chi connectivity index (χ4n) is 5.27. The average molecular weight is 617 g/mol. The summed E-state index contributed by atoms with van der Waals surface area (Å²) in [6.07, 6.45) is 4.50. The molecule has 236 valence electrons. The number of pyridine rings is 2. The lowest BCUT2D eigenvalue weighted by Crippen LogP contribution is -2.31. The molecule has 2 aromatic heterocycles. The van der Waals surface area contributed by atoms with Crippen molar-refractivity contribution < 1.29 is 14.3 Å². The molecule has 3 aromatic carbocycles. The Hall–Kier alpha value is -5.28. The summed E-state index contributed by atoms with van der Waals surface area (Å²) in [5.41, 5.74) is 5.19. The molecule has 0 saturated carbocycles. The molecule has 2 heterocycles. The predicted octanol–water partition coefficient (Wildman–Crippen LogP) is 6.07. The third-order valence-corrected chi connectivity index (χ3v) is 7.80. The van der Waals surface area contributed by atoms with Crippen molar-refractivity contribution >= 4 is 39.5 Å². The van der Waals surface area contributed by atoms with Gasteiger partial charge in [-0.1, -0.05) is 30.3 Å². The molecule has 2 N–H and O–H groups in total. The van der Waals surface area contributed by atoms with Gasteiger partial charge in [0.05, 0.1) is 25.0 Å². The van der Waals surface area contributed by atoms with Gasteiger partial charge in [-0.25, -0.2) is 0 Å². The molecule has 0 atom stereocenters. The number of hydrogen-bond donors (Lipinski definition) is 2. The molecule has 0 aliphatic carbocycles. The lowest BCUT2D eigenvalue weighted by Gasteiger charge is -2.23. The minimum absolute atomic E-state index is 0.0379.